The van der Waals surface area contributed by atoms with Crippen molar-refractivity contribution in [3.63, 3.8) is 0 Å². The lowest BCUT2D eigenvalue weighted by atomic mass is 9.91. The van der Waals surface area contributed by atoms with Gasteiger partial charge in [0.25, 0.3) is 0 Å². The normalized spacial score (nSPS) is 16.9. The van der Waals surface area contributed by atoms with Crippen LogP contribution in [0.2, 0.25) is 0 Å². The Morgan fingerprint density at radius 3 is 2.64 bits per heavy atom. The highest BCUT2D eigenvalue weighted by Gasteiger charge is 2.32. The van der Waals surface area contributed by atoms with Crippen molar-refractivity contribution in [2.45, 2.75) is 38.5 Å². The summed E-state index contributed by atoms with van der Waals surface area (Å²) in [6.07, 6.45) is 7.14. The molecule has 3 heterocycles. The standard InChI is InChI=1S/C22H25N3O3/c1-17(26)28-20-4-2-18(3-5-20)15-24-12-8-22(27,9-13-24)16-25-11-7-19-6-10-23-14-21(19)25/h2-7,10-11,14,27H,8-9,12-13,15-16H2,1H3. The van der Waals surface area contributed by atoms with E-state index in [4.69, 9.17) is 4.74 Å². The topological polar surface area (TPSA) is 67.6 Å². The molecule has 28 heavy (non-hydrogen) atoms. The van der Waals surface area contributed by atoms with Crippen molar-refractivity contribution in [2.75, 3.05) is 13.1 Å². The number of piperidine rings is 1. The number of carbonyl (C=O) groups is 1. The molecule has 0 atom stereocenters. The summed E-state index contributed by atoms with van der Waals surface area (Å²) in [5.41, 5.74) is 1.53. The predicted octanol–water partition coefficient (Wildman–Crippen LogP) is 2.99. The first kappa shape index (κ1) is 18.7. The summed E-state index contributed by atoms with van der Waals surface area (Å²) in [6, 6.07) is 11.7. The molecule has 3 aromatic rings. The molecule has 1 aromatic carbocycles. The van der Waals surface area contributed by atoms with Gasteiger partial charge in [0.05, 0.1) is 23.9 Å². The molecular formula is C22H25N3O3. The highest BCUT2D eigenvalue weighted by Crippen LogP contribution is 2.27. The number of aliphatic hydroxyl groups is 1. The second kappa shape index (κ2) is 7.73. The van der Waals surface area contributed by atoms with Gasteiger partial charge in [-0.05, 0) is 42.7 Å². The number of nitrogens with zero attached hydrogens (tertiary/aromatic N) is 3. The Bertz CT molecular complexity index is 957. The van der Waals surface area contributed by atoms with E-state index in [1.807, 2.05) is 42.7 Å². The highest BCUT2D eigenvalue weighted by molar-refractivity contribution is 5.78. The molecule has 6 heteroatoms. The second-order valence-corrected chi connectivity index (χ2v) is 7.62. The van der Waals surface area contributed by atoms with Crippen LogP contribution in [-0.2, 0) is 17.9 Å². The fourth-order valence-electron chi connectivity index (χ4n) is 3.86. The number of carbonyl (C=O) groups excluding carboxylic acids is 1. The maximum Gasteiger partial charge on any atom is 0.308 e. The SMILES string of the molecule is CC(=O)Oc1ccc(CN2CCC(O)(Cn3ccc4ccncc43)CC2)cc1. The number of fused-ring (bicyclic) bond motifs is 1. The summed E-state index contributed by atoms with van der Waals surface area (Å²) >= 11 is 0. The molecule has 6 nitrogen and oxygen atoms in total. The average Bonchev–Trinajstić information content (AvgIpc) is 3.08. The molecule has 4 rings (SSSR count). The van der Waals surface area contributed by atoms with Crippen LogP contribution in [0, 0.1) is 0 Å². The number of pyridine rings is 1. The highest BCUT2D eigenvalue weighted by atomic mass is 16.5. The Hall–Kier alpha value is -2.70. The fraction of sp³-hybridized carbons (Fsp3) is 0.364. The minimum Gasteiger partial charge on any atom is -0.427 e. The largest absolute Gasteiger partial charge is 0.427 e. The van der Waals surface area contributed by atoms with Crippen molar-refractivity contribution in [3.8, 4) is 5.75 Å². The van der Waals surface area contributed by atoms with Crippen LogP contribution in [0.25, 0.3) is 10.9 Å². The van der Waals surface area contributed by atoms with Crippen LogP contribution in [0.3, 0.4) is 0 Å². The first-order valence-corrected chi connectivity index (χ1v) is 9.62. The van der Waals surface area contributed by atoms with Gasteiger partial charge in [0, 0.05) is 44.3 Å². The van der Waals surface area contributed by atoms with Crippen LogP contribution in [0.5, 0.6) is 5.75 Å². The Kier molecular flexibility index (Phi) is 5.15. The lowest BCUT2D eigenvalue weighted by molar-refractivity contribution is -0.131. The summed E-state index contributed by atoms with van der Waals surface area (Å²) in [6.45, 7) is 4.51. The second-order valence-electron chi connectivity index (χ2n) is 7.62. The van der Waals surface area contributed by atoms with Gasteiger partial charge in [0.2, 0.25) is 0 Å². The van der Waals surface area contributed by atoms with Gasteiger partial charge in [-0.15, -0.1) is 0 Å². The minimum atomic E-state index is -0.697. The van der Waals surface area contributed by atoms with E-state index in [0.717, 1.165) is 43.4 Å². The Morgan fingerprint density at radius 1 is 1.18 bits per heavy atom. The van der Waals surface area contributed by atoms with E-state index in [2.05, 4.69) is 20.5 Å². The molecule has 146 valence electrons. The number of likely N-dealkylation sites (tertiary alicyclic amines) is 1. The molecule has 0 saturated carbocycles. The van der Waals surface area contributed by atoms with E-state index in [-0.39, 0.29) is 5.97 Å². The van der Waals surface area contributed by atoms with Crippen molar-refractivity contribution in [1.82, 2.24) is 14.5 Å². The molecule has 1 N–H and O–H groups in total. The zero-order valence-corrected chi connectivity index (χ0v) is 16.0. The van der Waals surface area contributed by atoms with Crippen molar-refractivity contribution >= 4 is 16.9 Å². The van der Waals surface area contributed by atoms with Crippen LogP contribution in [0.15, 0.2) is 55.0 Å². The third-order valence-corrected chi connectivity index (χ3v) is 5.42. The summed E-state index contributed by atoms with van der Waals surface area (Å²) in [5.74, 6) is 0.257. The molecule has 0 unspecified atom stereocenters. The molecule has 0 amide bonds. The third kappa shape index (κ3) is 4.24. The van der Waals surface area contributed by atoms with Gasteiger partial charge in [-0.2, -0.15) is 0 Å². The average molecular weight is 379 g/mol. The number of ether oxygens (including phenoxy) is 1. The quantitative estimate of drug-likeness (QED) is 0.545. The van der Waals surface area contributed by atoms with Crippen molar-refractivity contribution in [2.24, 2.45) is 0 Å². The lowest BCUT2D eigenvalue weighted by Crippen LogP contribution is -2.46. The van der Waals surface area contributed by atoms with E-state index < -0.39 is 5.60 Å². The minimum absolute atomic E-state index is 0.311. The van der Waals surface area contributed by atoms with Crippen molar-refractivity contribution in [3.05, 3.63) is 60.6 Å². The number of esters is 1. The van der Waals surface area contributed by atoms with Gasteiger partial charge in [0.1, 0.15) is 5.75 Å². The number of hydrogen-bond donors (Lipinski definition) is 1. The van der Waals surface area contributed by atoms with E-state index in [9.17, 15) is 9.90 Å². The first-order valence-electron chi connectivity index (χ1n) is 9.62. The monoisotopic (exact) mass is 379 g/mol. The molecule has 1 aliphatic rings. The zero-order valence-electron chi connectivity index (χ0n) is 16.0. The van der Waals surface area contributed by atoms with Gasteiger partial charge < -0.3 is 14.4 Å². The molecule has 1 saturated heterocycles. The molecule has 1 fully saturated rings. The van der Waals surface area contributed by atoms with Gasteiger partial charge in [-0.25, -0.2) is 0 Å². The molecule has 2 aromatic heterocycles. The van der Waals surface area contributed by atoms with Crippen LogP contribution >= 0.6 is 0 Å². The third-order valence-electron chi connectivity index (χ3n) is 5.42. The summed E-state index contributed by atoms with van der Waals surface area (Å²) in [5, 5.41) is 12.2. The van der Waals surface area contributed by atoms with E-state index in [1.165, 1.54) is 12.5 Å². The molecule has 0 aliphatic carbocycles. The Morgan fingerprint density at radius 2 is 1.93 bits per heavy atom. The fourth-order valence-corrected chi connectivity index (χ4v) is 3.86. The maximum absolute atomic E-state index is 11.1. The van der Waals surface area contributed by atoms with Gasteiger partial charge in [-0.3, -0.25) is 14.7 Å². The van der Waals surface area contributed by atoms with Crippen molar-refractivity contribution < 1.29 is 14.6 Å². The molecule has 1 aliphatic heterocycles. The van der Waals surface area contributed by atoms with E-state index in [0.29, 0.717) is 12.3 Å². The molecule has 0 bridgehead atoms. The summed E-state index contributed by atoms with van der Waals surface area (Å²) in [4.78, 5) is 17.6. The molecule has 0 radical (unpaired) electrons. The van der Waals surface area contributed by atoms with E-state index in [1.54, 1.807) is 6.20 Å². The zero-order chi connectivity index (χ0) is 19.6. The van der Waals surface area contributed by atoms with Crippen molar-refractivity contribution in [1.29, 1.82) is 0 Å². The summed E-state index contributed by atoms with van der Waals surface area (Å²) < 4.78 is 7.18. The number of rotatable bonds is 5. The van der Waals surface area contributed by atoms with Crippen LogP contribution in [0.1, 0.15) is 25.3 Å². The number of aromatic nitrogens is 2. The van der Waals surface area contributed by atoms with Crippen LogP contribution < -0.4 is 4.74 Å². The predicted molar refractivity (Wildman–Crippen MR) is 107 cm³/mol. The van der Waals surface area contributed by atoms with Crippen LogP contribution in [-0.4, -0.2) is 44.2 Å². The van der Waals surface area contributed by atoms with Gasteiger partial charge >= 0.3 is 5.97 Å². The Labute approximate surface area is 164 Å². The van der Waals surface area contributed by atoms with Gasteiger partial charge in [0.15, 0.2) is 0 Å². The lowest BCUT2D eigenvalue weighted by Gasteiger charge is -2.38. The van der Waals surface area contributed by atoms with Gasteiger partial charge in [-0.1, -0.05) is 12.1 Å². The number of hydrogen-bond acceptors (Lipinski definition) is 5. The maximum atomic E-state index is 11.1. The summed E-state index contributed by atoms with van der Waals surface area (Å²) in [7, 11) is 0. The number of benzene rings is 1. The Balaban J connectivity index is 1.34. The smallest absolute Gasteiger partial charge is 0.308 e. The van der Waals surface area contributed by atoms with E-state index >= 15 is 0 Å². The van der Waals surface area contributed by atoms with Crippen LogP contribution in [0.4, 0.5) is 0 Å². The molecular weight excluding hydrogens is 354 g/mol. The molecule has 0 spiro atoms. The first-order chi connectivity index (χ1) is 13.5.